The predicted octanol–water partition coefficient (Wildman–Crippen LogP) is 1.78. The number of hydrogen-bond acceptors (Lipinski definition) is 3. The normalized spacial score (nSPS) is 11.2. The van der Waals surface area contributed by atoms with Crippen molar-refractivity contribution in [3.63, 3.8) is 0 Å². The summed E-state index contributed by atoms with van der Waals surface area (Å²) in [5.74, 6) is -2.78. The van der Waals surface area contributed by atoms with Crippen LogP contribution in [0.3, 0.4) is 0 Å². The molecule has 0 spiro atoms. The van der Waals surface area contributed by atoms with E-state index >= 15 is 0 Å². The topological polar surface area (TPSA) is 49.4 Å². The number of carbonyl (C=O) groups is 1. The van der Waals surface area contributed by atoms with Crippen LogP contribution in [0.2, 0.25) is 0 Å². The SMILES string of the molecule is O=C([O-])C(F)(F)Oc1ccc(Br)cc1I. The number of carboxylic acids is 1. The summed E-state index contributed by atoms with van der Waals surface area (Å²) in [6, 6.07) is 4.22. The Morgan fingerprint density at radius 1 is 1.53 bits per heavy atom. The van der Waals surface area contributed by atoms with Crippen molar-refractivity contribution in [3.8, 4) is 5.75 Å². The molecule has 1 aromatic carbocycles. The van der Waals surface area contributed by atoms with Crippen LogP contribution in [0.25, 0.3) is 0 Å². The lowest BCUT2D eigenvalue weighted by atomic mass is 10.3. The van der Waals surface area contributed by atoms with Gasteiger partial charge in [-0.3, -0.25) is 0 Å². The maximum absolute atomic E-state index is 12.6. The molecule has 0 aromatic heterocycles. The first kappa shape index (κ1) is 12.6. The molecule has 1 aromatic rings. The van der Waals surface area contributed by atoms with Crippen LogP contribution in [0.15, 0.2) is 22.7 Å². The van der Waals surface area contributed by atoms with E-state index in [0.717, 1.165) is 0 Å². The standard InChI is InChI=1S/C8H4BrF2IO3/c9-4-1-2-6(5(12)3-4)15-8(10,11)7(13)14/h1-3H,(H,13,14)/p-1. The van der Waals surface area contributed by atoms with Gasteiger partial charge in [-0.1, -0.05) is 15.9 Å². The van der Waals surface area contributed by atoms with Gasteiger partial charge in [0.25, 0.3) is 0 Å². The van der Waals surface area contributed by atoms with Crippen molar-refractivity contribution in [1.29, 1.82) is 0 Å². The van der Waals surface area contributed by atoms with Crippen LogP contribution in [0.4, 0.5) is 8.78 Å². The lowest BCUT2D eigenvalue weighted by molar-refractivity contribution is -0.350. The lowest BCUT2D eigenvalue weighted by Gasteiger charge is -2.19. The Bertz CT molecular complexity index is 397. The van der Waals surface area contributed by atoms with Crippen molar-refractivity contribution in [2.45, 2.75) is 6.11 Å². The van der Waals surface area contributed by atoms with Gasteiger partial charge in [0.05, 0.1) is 3.57 Å². The molecule has 0 saturated carbocycles. The monoisotopic (exact) mass is 391 g/mol. The van der Waals surface area contributed by atoms with E-state index in [-0.39, 0.29) is 5.75 Å². The Morgan fingerprint density at radius 2 is 2.13 bits per heavy atom. The number of alkyl halides is 2. The van der Waals surface area contributed by atoms with Gasteiger partial charge < -0.3 is 14.6 Å². The molecular formula is C8H3BrF2IO3-. The fourth-order valence-electron chi connectivity index (χ4n) is 0.738. The minimum atomic E-state index is -4.33. The van der Waals surface area contributed by atoms with E-state index < -0.39 is 12.1 Å². The van der Waals surface area contributed by atoms with Crippen LogP contribution in [0.1, 0.15) is 0 Å². The molecule has 15 heavy (non-hydrogen) atoms. The third-order valence-electron chi connectivity index (χ3n) is 1.37. The summed E-state index contributed by atoms with van der Waals surface area (Å²) in [6.07, 6.45) is -4.33. The summed E-state index contributed by atoms with van der Waals surface area (Å²) in [7, 11) is 0. The first-order chi connectivity index (χ1) is 6.83. The van der Waals surface area contributed by atoms with E-state index in [4.69, 9.17) is 0 Å². The smallest absolute Gasteiger partial charge is 0.441 e. The minimum Gasteiger partial charge on any atom is -0.541 e. The molecule has 0 bridgehead atoms. The molecule has 0 aliphatic heterocycles. The highest BCUT2D eigenvalue weighted by Crippen LogP contribution is 2.28. The van der Waals surface area contributed by atoms with Crippen molar-refractivity contribution in [1.82, 2.24) is 0 Å². The number of carbonyl (C=O) groups excluding carboxylic acids is 1. The Morgan fingerprint density at radius 3 is 2.60 bits per heavy atom. The highest BCUT2D eigenvalue weighted by molar-refractivity contribution is 14.1. The van der Waals surface area contributed by atoms with E-state index in [1.54, 1.807) is 22.6 Å². The maximum Gasteiger partial charge on any atom is 0.441 e. The van der Waals surface area contributed by atoms with Gasteiger partial charge in [0, 0.05) is 4.47 Å². The van der Waals surface area contributed by atoms with Gasteiger partial charge in [-0.2, -0.15) is 8.78 Å². The number of ether oxygens (including phenoxy) is 1. The zero-order chi connectivity index (χ0) is 11.6. The molecule has 0 atom stereocenters. The van der Waals surface area contributed by atoms with Gasteiger partial charge in [0.2, 0.25) is 0 Å². The van der Waals surface area contributed by atoms with Crippen LogP contribution in [-0.2, 0) is 4.79 Å². The van der Waals surface area contributed by atoms with Crippen molar-refractivity contribution in [2.75, 3.05) is 0 Å². The zero-order valence-corrected chi connectivity index (χ0v) is 10.7. The summed E-state index contributed by atoms with van der Waals surface area (Å²) >= 11 is 4.88. The molecule has 1 rings (SSSR count). The average molecular weight is 392 g/mol. The Hall–Kier alpha value is -0.440. The van der Waals surface area contributed by atoms with E-state index in [2.05, 4.69) is 20.7 Å². The number of benzene rings is 1. The van der Waals surface area contributed by atoms with Gasteiger partial charge in [-0.05, 0) is 40.8 Å². The van der Waals surface area contributed by atoms with Gasteiger partial charge in [-0.25, -0.2) is 0 Å². The van der Waals surface area contributed by atoms with Crippen LogP contribution in [-0.4, -0.2) is 12.1 Å². The van der Waals surface area contributed by atoms with Crippen molar-refractivity contribution in [3.05, 3.63) is 26.2 Å². The van der Waals surface area contributed by atoms with Crippen LogP contribution >= 0.6 is 38.5 Å². The predicted molar refractivity (Wildman–Crippen MR) is 57.4 cm³/mol. The number of halogens is 4. The molecule has 0 fully saturated rings. The van der Waals surface area contributed by atoms with Gasteiger partial charge >= 0.3 is 6.11 Å². The summed E-state index contributed by atoms with van der Waals surface area (Å²) in [5.41, 5.74) is 0. The first-order valence-electron chi connectivity index (χ1n) is 3.56. The zero-order valence-electron chi connectivity index (χ0n) is 6.97. The molecular weight excluding hydrogens is 389 g/mol. The fourth-order valence-corrected chi connectivity index (χ4v) is 2.15. The second-order valence-corrected chi connectivity index (χ2v) is 4.56. The van der Waals surface area contributed by atoms with Crippen LogP contribution < -0.4 is 9.84 Å². The molecule has 0 aliphatic carbocycles. The molecule has 0 amide bonds. The first-order valence-corrected chi connectivity index (χ1v) is 5.43. The second kappa shape index (κ2) is 4.60. The number of aliphatic carboxylic acids is 1. The summed E-state index contributed by atoms with van der Waals surface area (Å²) in [4.78, 5) is 10.0. The second-order valence-electron chi connectivity index (χ2n) is 2.48. The van der Waals surface area contributed by atoms with Crippen molar-refractivity contribution >= 4 is 44.5 Å². The molecule has 0 unspecified atom stereocenters. The summed E-state index contributed by atoms with van der Waals surface area (Å²) in [6.45, 7) is 0. The van der Waals surface area contributed by atoms with Crippen LogP contribution in [0, 0.1) is 3.57 Å². The third-order valence-corrected chi connectivity index (χ3v) is 2.71. The number of hydrogen-bond donors (Lipinski definition) is 0. The van der Waals surface area contributed by atoms with Crippen molar-refractivity contribution < 1.29 is 23.4 Å². The summed E-state index contributed by atoms with van der Waals surface area (Å²) in [5, 5.41) is 10.0. The molecule has 0 N–H and O–H groups in total. The van der Waals surface area contributed by atoms with Gasteiger partial charge in [0.1, 0.15) is 5.75 Å². The number of carboxylic acid groups (broad SMARTS) is 1. The maximum atomic E-state index is 12.6. The molecule has 82 valence electrons. The van der Waals surface area contributed by atoms with Crippen molar-refractivity contribution in [2.24, 2.45) is 0 Å². The van der Waals surface area contributed by atoms with E-state index in [9.17, 15) is 18.7 Å². The van der Waals surface area contributed by atoms with Gasteiger partial charge in [-0.15, -0.1) is 0 Å². The lowest BCUT2D eigenvalue weighted by Crippen LogP contribution is -2.45. The third kappa shape index (κ3) is 3.26. The largest absolute Gasteiger partial charge is 0.541 e. The quantitative estimate of drug-likeness (QED) is 0.738. The van der Waals surface area contributed by atoms with E-state index in [1.807, 2.05) is 0 Å². The Labute approximate surface area is 106 Å². The Kier molecular flexibility index (Phi) is 3.87. The van der Waals surface area contributed by atoms with Crippen LogP contribution in [0.5, 0.6) is 5.75 Å². The van der Waals surface area contributed by atoms with Gasteiger partial charge in [0.15, 0.2) is 5.97 Å². The molecule has 7 heteroatoms. The van der Waals surface area contributed by atoms with E-state index in [0.29, 0.717) is 8.04 Å². The highest BCUT2D eigenvalue weighted by atomic mass is 127. The van der Waals surface area contributed by atoms with E-state index in [1.165, 1.54) is 18.2 Å². The molecule has 0 aliphatic rings. The average Bonchev–Trinajstić information content (AvgIpc) is 2.09. The summed E-state index contributed by atoms with van der Waals surface area (Å²) < 4.78 is 30.3. The Balaban J connectivity index is 2.95. The minimum absolute atomic E-state index is 0.215. The molecule has 0 heterocycles. The highest BCUT2D eigenvalue weighted by Gasteiger charge is 2.34. The number of rotatable bonds is 3. The molecule has 3 nitrogen and oxygen atoms in total. The molecule has 0 radical (unpaired) electrons. The fraction of sp³-hybridized carbons (Fsp3) is 0.125. The molecule has 0 saturated heterocycles.